The van der Waals surface area contributed by atoms with Crippen molar-refractivity contribution in [2.24, 2.45) is 12.5 Å². The molecular weight excluding hydrogens is 727 g/mol. The Morgan fingerprint density at radius 3 is 2.39 bits per heavy atom. The quantitative estimate of drug-likeness (QED) is 0.139. The molecule has 268 valence electrons. The summed E-state index contributed by atoms with van der Waals surface area (Å²) in [6, 6.07) is 8.33. The number of fused-ring (bicyclic) bond motifs is 1. The number of ether oxygens (including phenoxy) is 2. The highest BCUT2D eigenvalue weighted by atomic mass is 79.9. The van der Waals surface area contributed by atoms with Gasteiger partial charge in [0.25, 0.3) is 0 Å². The van der Waals surface area contributed by atoms with E-state index in [0.29, 0.717) is 17.2 Å². The molecule has 0 amide bonds. The number of aryl methyl sites for hydroxylation is 1. The maximum Gasteiger partial charge on any atom is 0.229 e. The first-order chi connectivity index (χ1) is 24.8. The molecule has 0 atom stereocenters. The predicted molar refractivity (Wildman–Crippen MR) is 211 cm³/mol. The Kier molecular flexibility index (Phi) is 10.7. The third-order valence-electron chi connectivity index (χ3n) is 10.3. The van der Waals surface area contributed by atoms with E-state index in [1.54, 1.807) is 32.8 Å². The van der Waals surface area contributed by atoms with Crippen LogP contribution in [0.15, 0.2) is 59.7 Å². The van der Waals surface area contributed by atoms with Crippen molar-refractivity contribution in [2.75, 3.05) is 82.4 Å². The minimum absolute atomic E-state index is 0.419. The Labute approximate surface area is 309 Å². The van der Waals surface area contributed by atoms with Crippen LogP contribution in [0.5, 0.6) is 5.75 Å². The van der Waals surface area contributed by atoms with Crippen molar-refractivity contribution < 1.29 is 9.47 Å². The number of likely N-dealkylation sites (tertiary alicyclic amines) is 1. The largest absolute Gasteiger partial charge is 0.494 e. The van der Waals surface area contributed by atoms with Crippen LogP contribution in [0.3, 0.4) is 0 Å². The van der Waals surface area contributed by atoms with Crippen LogP contribution in [0.2, 0.25) is 0 Å². The van der Waals surface area contributed by atoms with Crippen molar-refractivity contribution in [1.82, 2.24) is 34.6 Å². The van der Waals surface area contributed by atoms with Gasteiger partial charge >= 0.3 is 0 Å². The molecule has 0 bridgehead atoms. The molecule has 0 aliphatic carbocycles. The number of halogens is 1. The van der Waals surface area contributed by atoms with Gasteiger partial charge in [0.15, 0.2) is 0 Å². The summed E-state index contributed by atoms with van der Waals surface area (Å²) in [5.74, 6) is 1.81. The van der Waals surface area contributed by atoms with E-state index in [1.807, 2.05) is 30.1 Å². The first-order valence-electron chi connectivity index (χ1n) is 17.4. The normalized spacial score (nSPS) is 16.3. The molecule has 5 heterocycles. The third kappa shape index (κ3) is 7.67. The van der Waals surface area contributed by atoms with Crippen molar-refractivity contribution in [3.8, 4) is 16.9 Å². The average Bonchev–Trinajstić information content (AvgIpc) is 3.58. The molecule has 0 saturated carbocycles. The molecule has 2 fully saturated rings. The van der Waals surface area contributed by atoms with Crippen LogP contribution in [0.1, 0.15) is 25.7 Å². The lowest BCUT2D eigenvalue weighted by Gasteiger charge is -2.47. The van der Waals surface area contributed by atoms with Gasteiger partial charge in [-0.25, -0.2) is 4.98 Å². The zero-order chi connectivity index (χ0) is 35.5. The summed E-state index contributed by atoms with van der Waals surface area (Å²) in [6.45, 7) is 10.6. The lowest BCUT2D eigenvalue weighted by atomic mass is 9.71. The average molecular weight is 774 g/mol. The third-order valence-corrected chi connectivity index (χ3v) is 12.3. The minimum Gasteiger partial charge on any atom is -0.494 e. The zero-order valence-electron chi connectivity index (χ0n) is 30.0. The molecule has 5 aromatic rings. The van der Waals surface area contributed by atoms with Gasteiger partial charge in [0.1, 0.15) is 11.6 Å². The summed E-state index contributed by atoms with van der Waals surface area (Å²) in [5.41, 5.74) is 7.22. The van der Waals surface area contributed by atoms with E-state index in [4.69, 9.17) is 14.5 Å². The molecule has 3 aromatic heterocycles. The van der Waals surface area contributed by atoms with Crippen LogP contribution in [0, 0.1) is 5.41 Å². The lowest BCUT2D eigenvalue weighted by Crippen LogP contribution is -2.47. The topological polar surface area (TPSA) is 118 Å². The molecule has 2 aliphatic rings. The highest BCUT2D eigenvalue weighted by molar-refractivity contribution is 9.10. The van der Waals surface area contributed by atoms with Crippen molar-refractivity contribution >= 4 is 69.0 Å². The fourth-order valence-electron chi connectivity index (χ4n) is 7.42. The number of hydrogen-bond acceptors (Lipinski definition) is 11. The number of piperidine rings is 2. The van der Waals surface area contributed by atoms with Crippen LogP contribution in [0.25, 0.3) is 22.2 Å². The van der Waals surface area contributed by atoms with Crippen LogP contribution in [0.4, 0.5) is 28.8 Å². The minimum atomic E-state index is -0.492. The summed E-state index contributed by atoms with van der Waals surface area (Å²) >= 11 is 3.67. The van der Waals surface area contributed by atoms with Crippen molar-refractivity contribution in [2.45, 2.75) is 25.7 Å². The van der Waals surface area contributed by atoms with Gasteiger partial charge in [-0.15, -0.1) is 0 Å². The second-order valence-corrected chi connectivity index (χ2v) is 16.8. The van der Waals surface area contributed by atoms with Crippen LogP contribution in [-0.4, -0.2) is 101 Å². The molecule has 2 saturated heterocycles. The maximum atomic E-state index is 6.01. The highest BCUT2D eigenvalue weighted by Crippen LogP contribution is 2.46. The van der Waals surface area contributed by atoms with E-state index >= 15 is 0 Å². The number of methoxy groups -OCH3 is 2. The van der Waals surface area contributed by atoms with Crippen molar-refractivity contribution in [1.29, 1.82) is 0 Å². The Bertz CT molecular complexity index is 1990. The van der Waals surface area contributed by atoms with E-state index in [9.17, 15) is 0 Å². The predicted octanol–water partition coefficient (Wildman–Crippen LogP) is 6.77. The first kappa shape index (κ1) is 35.5. The van der Waals surface area contributed by atoms with Gasteiger partial charge in [0.2, 0.25) is 5.95 Å². The lowest BCUT2D eigenvalue weighted by molar-refractivity contribution is 0.0618. The summed E-state index contributed by atoms with van der Waals surface area (Å²) < 4.78 is 13.9. The molecule has 2 aliphatic heterocycles. The Morgan fingerprint density at radius 1 is 0.922 bits per heavy atom. The first-order valence-corrected chi connectivity index (χ1v) is 20.4. The molecule has 0 unspecified atom stereocenters. The summed E-state index contributed by atoms with van der Waals surface area (Å²) in [7, 11) is 4.96. The molecule has 1 spiro atoms. The Hall–Kier alpha value is -3.90. The van der Waals surface area contributed by atoms with E-state index in [1.165, 1.54) is 25.7 Å². The molecule has 2 aromatic carbocycles. The maximum absolute atomic E-state index is 6.01. The number of nitrogens with zero attached hydrogens (tertiary/aromatic N) is 8. The molecule has 12 nitrogen and oxygen atoms in total. The van der Waals surface area contributed by atoms with Crippen LogP contribution in [-0.2, 0) is 11.8 Å². The van der Waals surface area contributed by atoms with Crippen LogP contribution >= 0.6 is 23.9 Å². The van der Waals surface area contributed by atoms with E-state index < -0.39 is 7.92 Å². The number of hydrogen-bond donors (Lipinski definition) is 2. The van der Waals surface area contributed by atoms with Gasteiger partial charge in [0, 0.05) is 92.5 Å². The monoisotopic (exact) mass is 772 g/mol. The second kappa shape index (κ2) is 15.4. The van der Waals surface area contributed by atoms with Gasteiger partial charge in [-0.1, -0.05) is 7.92 Å². The standard InChI is InChI=1S/C37H46BrN10O2P/c1-46-24-25(22-42-46)26-20-30(32(50-3)21-31(26)48-16-10-37(11-17-48)8-14-47(15-9-37)18-19-49-2)44-36-41-23-27(38)35(45-36)43-29-7-6-28-33(34(29)51(4)5)40-13-12-39-28/h6-7,12-13,20-24H,8-11,14-19H2,1-5H3,(H2,41,43,44,45). The smallest absolute Gasteiger partial charge is 0.229 e. The number of benzene rings is 2. The Balaban J connectivity index is 1.15. The van der Waals surface area contributed by atoms with E-state index in [0.717, 1.165) is 94.1 Å². The zero-order valence-corrected chi connectivity index (χ0v) is 32.5. The molecule has 51 heavy (non-hydrogen) atoms. The number of rotatable bonds is 11. The van der Waals surface area contributed by atoms with Gasteiger partial charge in [-0.05, 0) is 91.6 Å². The number of aromatic nitrogens is 6. The molecule has 0 radical (unpaired) electrons. The van der Waals surface area contributed by atoms with Crippen LogP contribution < -0.4 is 25.6 Å². The second-order valence-electron chi connectivity index (χ2n) is 13.7. The SMILES string of the molecule is COCCN1CCC2(CC1)CCN(c1cc(OC)c(Nc3ncc(Br)c(Nc4ccc5nccnc5c4P(C)C)n3)cc1-c1cnn(C)c1)CC2. The van der Waals surface area contributed by atoms with Crippen molar-refractivity contribution in [3.05, 3.63) is 59.7 Å². The van der Waals surface area contributed by atoms with Gasteiger partial charge < -0.3 is 29.9 Å². The fraction of sp³-hybridized carbons (Fsp3) is 0.432. The van der Waals surface area contributed by atoms with E-state index in [-0.39, 0.29) is 0 Å². The molecular formula is C37H46BrN10O2P. The van der Waals surface area contributed by atoms with E-state index in [2.05, 4.69) is 88.1 Å². The molecule has 2 N–H and O–H groups in total. The highest BCUT2D eigenvalue weighted by Gasteiger charge is 2.38. The summed E-state index contributed by atoms with van der Waals surface area (Å²) in [4.78, 5) is 23.8. The number of nitrogens with one attached hydrogen (secondary N) is 2. The summed E-state index contributed by atoms with van der Waals surface area (Å²) in [6.07, 6.45) is 14.1. The Morgan fingerprint density at radius 2 is 1.69 bits per heavy atom. The molecule has 7 rings (SSSR count). The number of anilines is 5. The van der Waals surface area contributed by atoms with Gasteiger partial charge in [0.05, 0.1) is 41.1 Å². The van der Waals surface area contributed by atoms with Crippen molar-refractivity contribution in [3.63, 3.8) is 0 Å². The van der Waals surface area contributed by atoms with Gasteiger partial charge in [-0.3, -0.25) is 14.6 Å². The summed E-state index contributed by atoms with van der Waals surface area (Å²) in [5, 5.41) is 12.7. The fourth-order valence-corrected chi connectivity index (χ4v) is 8.92. The van der Waals surface area contributed by atoms with Gasteiger partial charge in [-0.2, -0.15) is 10.1 Å². The molecule has 14 heteroatoms.